The Balaban J connectivity index is 1.93. The number of ether oxygens (including phenoxy) is 1. The maximum Gasteiger partial charge on any atom is 0.311 e. The molecule has 0 radical (unpaired) electrons. The second kappa shape index (κ2) is 4.47. The number of nitrogens with one attached hydrogen (secondary N) is 1. The van der Waals surface area contributed by atoms with E-state index in [0.29, 0.717) is 29.2 Å². The van der Waals surface area contributed by atoms with Gasteiger partial charge in [0.15, 0.2) is 0 Å². The van der Waals surface area contributed by atoms with Crippen LogP contribution in [0.1, 0.15) is 5.69 Å². The minimum atomic E-state index is -0.887. The Morgan fingerprint density at radius 3 is 3.11 bits per heavy atom. The van der Waals surface area contributed by atoms with E-state index in [4.69, 9.17) is 14.4 Å². The van der Waals surface area contributed by atoms with Crippen molar-refractivity contribution < 1.29 is 19.2 Å². The fraction of sp³-hybridized carbons (Fsp3) is 0.455. The lowest BCUT2D eigenvalue weighted by Gasteiger charge is -2.16. The Labute approximate surface area is 107 Å². The van der Waals surface area contributed by atoms with E-state index < -0.39 is 11.9 Å². The third kappa shape index (κ3) is 1.99. The van der Waals surface area contributed by atoms with Crippen molar-refractivity contribution in [2.75, 3.05) is 18.5 Å². The molecular formula is C11H12N4O4. The number of fused-ring (bicyclic) bond motifs is 1. The molecule has 0 aromatic carbocycles. The van der Waals surface area contributed by atoms with Crippen LogP contribution in [0, 0.1) is 12.8 Å². The normalized spacial score (nSPS) is 22.8. The number of carbonyl (C=O) groups is 1. The summed E-state index contributed by atoms with van der Waals surface area (Å²) >= 11 is 0. The summed E-state index contributed by atoms with van der Waals surface area (Å²) in [6.45, 7) is 2.30. The quantitative estimate of drug-likeness (QED) is 0.821. The number of aryl methyl sites for hydroxylation is 1. The number of aromatic nitrogens is 3. The van der Waals surface area contributed by atoms with Gasteiger partial charge in [0.2, 0.25) is 0 Å². The molecule has 0 spiro atoms. The van der Waals surface area contributed by atoms with Crippen LogP contribution in [0.15, 0.2) is 10.9 Å². The second-order valence-corrected chi connectivity index (χ2v) is 4.40. The Bertz CT molecular complexity index is 626. The monoisotopic (exact) mass is 264 g/mol. The molecule has 100 valence electrons. The van der Waals surface area contributed by atoms with Gasteiger partial charge >= 0.3 is 5.97 Å². The van der Waals surface area contributed by atoms with Crippen LogP contribution in [-0.2, 0) is 9.53 Å². The molecule has 0 bridgehead atoms. The first kappa shape index (κ1) is 11.8. The van der Waals surface area contributed by atoms with E-state index in [2.05, 4.69) is 20.4 Å². The first-order chi connectivity index (χ1) is 9.16. The van der Waals surface area contributed by atoms with Crippen molar-refractivity contribution in [2.24, 2.45) is 5.92 Å². The summed E-state index contributed by atoms with van der Waals surface area (Å²) in [6, 6.07) is -0.329. The lowest BCUT2D eigenvalue weighted by molar-refractivity contribution is -0.141. The largest absolute Gasteiger partial charge is 0.481 e. The molecule has 0 amide bonds. The Kier molecular flexibility index (Phi) is 2.79. The molecule has 1 aliphatic heterocycles. The Hall–Kier alpha value is -2.22. The number of hydrogen-bond acceptors (Lipinski definition) is 7. The smallest absolute Gasteiger partial charge is 0.311 e. The molecule has 3 heterocycles. The SMILES string of the molecule is Cc1noc2ncnc(NC3COCC3C(=O)O)c12. The minimum Gasteiger partial charge on any atom is -0.481 e. The molecule has 1 fully saturated rings. The van der Waals surface area contributed by atoms with Gasteiger partial charge in [-0.25, -0.2) is 4.98 Å². The van der Waals surface area contributed by atoms with Crippen molar-refractivity contribution in [3.8, 4) is 0 Å². The summed E-state index contributed by atoms with van der Waals surface area (Å²) in [5.41, 5.74) is 1.03. The molecule has 2 unspecified atom stereocenters. The number of carboxylic acids is 1. The van der Waals surface area contributed by atoms with E-state index in [-0.39, 0.29) is 12.6 Å². The Morgan fingerprint density at radius 1 is 1.47 bits per heavy atom. The number of carboxylic acid groups (broad SMARTS) is 1. The summed E-state index contributed by atoms with van der Waals surface area (Å²) in [7, 11) is 0. The number of hydrogen-bond donors (Lipinski definition) is 2. The van der Waals surface area contributed by atoms with Crippen LogP contribution in [0.25, 0.3) is 11.1 Å². The summed E-state index contributed by atoms with van der Waals surface area (Å²) in [6.07, 6.45) is 1.35. The van der Waals surface area contributed by atoms with Crippen molar-refractivity contribution in [1.82, 2.24) is 15.1 Å². The van der Waals surface area contributed by atoms with E-state index in [1.807, 2.05) is 0 Å². The van der Waals surface area contributed by atoms with Gasteiger partial charge in [0.05, 0.1) is 24.9 Å². The van der Waals surface area contributed by atoms with Gasteiger partial charge in [-0.05, 0) is 6.92 Å². The van der Waals surface area contributed by atoms with Crippen LogP contribution in [0.3, 0.4) is 0 Å². The van der Waals surface area contributed by atoms with Crippen LogP contribution < -0.4 is 5.32 Å². The van der Waals surface area contributed by atoms with Crippen molar-refractivity contribution in [3.63, 3.8) is 0 Å². The third-order valence-electron chi connectivity index (χ3n) is 3.16. The first-order valence-corrected chi connectivity index (χ1v) is 5.81. The maximum atomic E-state index is 11.1. The van der Waals surface area contributed by atoms with E-state index >= 15 is 0 Å². The van der Waals surface area contributed by atoms with Gasteiger partial charge in [-0.3, -0.25) is 4.79 Å². The average Bonchev–Trinajstić information content (AvgIpc) is 2.97. The second-order valence-electron chi connectivity index (χ2n) is 4.40. The zero-order valence-electron chi connectivity index (χ0n) is 10.2. The van der Waals surface area contributed by atoms with Crippen LogP contribution in [0.5, 0.6) is 0 Å². The van der Waals surface area contributed by atoms with Gasteiger partial charge in [0.25, 0.3) is 5.71 Å². The lowest BCUT2D eigenvalue weighted by atomic mass is 10.0. The number of anilines is 1. The van der Waals surface area contributed by atoms with Crippen molar-refractivity contribution in [2.45, 2.75) is 13.0 Å². The highest BCUT2D eigenvalue weighted by Gasteiger charge is 2.34. The highest BCUT2D eigenvalue weighted by molar-refractivity contribution is 5.87. The number of nitrogens with zero attached hydrogens (tertiary/aromatic N) is 3. The fourth-order valence-corrected chi connectivity index (χ4v) is 2.15. The van der Waals surface area contributed by atoms with E-state index in [1.165, 1.54) is 6.33 Å². The van der Waals surface area contributed by atoms with Gasteiger partial charge in [0, 0.05) is 0 Å². The molecule has 2 aromatic rings. The zero-order chi connectivity index (χ0) is 13.4. The topological polar surface area (TPSA) is 110 Å². The predicted molar refractivity (Wildman–Crippen MR) is 63.7 cm³/mol. The summed E-state index contributed by atoms with van der Waals surface area (Å²) in [5, 5.41) is 16.7. The predicted octanol–water partition coefficient (Wildman–Crippen LogP) is 0.438. The average molecular weight is 264 g/mol. The lowest BCUT2D eigenvalue weighted by Crippen LogP contribution is -2.33. The van der Waals surface area contributed by atoms with Gasteiger partial charge in [-0.1, -0.05) is 5.16 Å². The van der Waals surface area contributed by atoms with Gasteiger partial charge in [-0.15, -0.1) is 0 Å². The van der Waals surface area contributed by atoms with Gasteiger partial charge in [-0.2, -0.15) is 4.98 Å². The summed E-state index contributed by atoms with van der Waals surface area (Å²) in [4.78, 5) is 19.2. The van der Waals surface area contributed by atoms with E-state index in [9.17, 15) is 4.79 Å². The van der Waals surface area contributed by atoms with E-state index in [0.717, 1.165) is 0 Å². The molecular weight excluding hydrogens is 252 g/mol. The molecule has 2 aromatic heterocycles. The first-order valence-electron chi connectivity index (χ1n) is 5.81. The van der Waals surface area contributed by atoms with Crippen molar-refractivity contribution in [3.05, 3.63) is 12.0 Å². The molecule has 19 heavy (non-hydrogen) atoms. The van der Waals surface area contributed by atoms with Crippen LogP contribution in [-0.4, -0.2) is 45.5 Å². The molecule has 8 heteroatoms. The summed E-state index contributed by atoms with van der Waals surface area (Å²) < 4.78 is 10.2. The molecule has 8 nitrogen and oxygen atoms in total. The van der Waals surface area contributed by atoms with Gasteiger partial charge < -0.3 is 19.7 Å². The van der Waals surface area contributed by atoms with E-state index in [1.54, 1.807) is 6.92 Å². The highest BCUT2D eigenvalue weighted by atomic mass is 16.5. The molecule has 3 rings (SSSR count). The van der Waals surface area contributed by atoms with Gasteiger partial charge in [0.1, 0.15) is 23.4 Å². The number of aliphatic carboxylic acids is 1. The highest BCUT2D eigenvalue weighted by Crippen LogP contribution is 2.25. The standard InChI is InChI=1S/C11H12N4O4/c1-5-8-9(12-4-13-10(8)19-15-5)14-7-3-18-2-6(7)11(16)17/h4,6-7H,2-3H2,1H3,(H,16,17)(H,12,13,14). The van der Waals surface area contributed by atoms with Crippen LogP contribution >= 0.6 is 0 Å². The molecule has 1 aliphatic rings. The van der Waals surface area contributed by atoms with Crippen molar-refractivity contribution >= 4 is 22.9 Å². The van der Waals surface area contributed by atoms with Crippen LogP contribution in [0.2, 0.25) is 0 Å². The fourth-order valence-electron chi connectivity index (χ4n) is 2.15. The van der Waals surface area contributed by atoms with Crippen molar-refractivity contribution in [1.29, 1.82) is 0 Å². The maximum absolute atomic E-state index is 11.1. The third-order valence-corrected chi connectivity index (χ3v) is 3.16. The minimum absolute atomic E-state index is 0.198. The number of rotatable bonds is 3. The Morgan fingerprint density at radius 2 is 2.32 bits per heavy atom. The zero-order valence-corrected chi connectivity index (χ0v) is 10.2. The molecule has 0 aliphatic carbocycles. The molecule has 2 atom stereocenters. The molecule has 0 saturated carbocycles. The molecule has 1 saturated heterocycles. The summed E-state index contributed by atoms with van der Waals surface area (Å²) in [5.74, 6) is -0.960. The van der Waals surface area contributed by atoms with Crippen LogP contribution in [0.4, 0.5) is 5.82 Å². The molecule has 2 N–H and O–H groups in total.